The molecule has 3 N–H and O–H groups in total. The minimum Gasteiger partial charge on any atom is -0.480 e. The van der Waals surface area contributed by atoms with Crippen molar-refractivity contribution in [3.63, 3.8) is 0 Å². The summed E-state index contributed by atoms with van der Waals surface area (Å²) in [5.41, 5.74) is 5.52. The van der Waals surface area contributed by atoms with E-state index in [4.69, 9.17) is 10.8 Å². The van der Waals surface area contributed by atoms with E-state index >= 15 is 0 Å². The summed E-state index contributed by atoms with van der Waals surface area (Å²) in [4.78, 5) is 15.5. The summed E-state index contributed by atoms with van der Waals surface area (Å²) in [5.74, 6) is -0.787. The van der Waals surface area contributed by atoms with Gasteiger partial charge in [-0.25, -0.2) is 0 Å². The third kappa shape index (κ3) is 2.36. The van der Waals surface area contributed by atoms with E-state index in [1.807, 2.05) is 4.90 Å². The van der Waals surface area contributed by atoms with Gasteiger partial charge in [0.2, 0.25) is 0 Å². The van der Waals surface area contributed by atoms with Crippen LogP contribution in [0, 0.1) is 0 Å². The van der Waals surface area contributed by atoms with Crippen molar-refractivity contribution in [1.29, 1.82) is 0 Å². The van der Waals surface area contributed by atoms with E-state index in [0.29, 0.717) is 6.04 Å². The van der Waals surface area contributed by atoms with Gasteiger partial charge in [0.15, 0.2) is 0 Å². The zero-order valence-electron chi connectivity index (χ0n) is 9.64. The highest BCUT2D eigenvalue weighted by atomic mass is 16.4. The predicted octanol–water partition coefficient (Wildman–Crippen LogP) is -0.432. The molecule has 0 saturated carbocycles. The molecule has 0 aromatic heterocycles. The van der Waals surface area contributed by atoms with Gasteiger partial charge in [-0.1, -0.05) is 0 Å². The van der Waals surface area contributed by atoms with Gasteiger partial charge in [-0.15, -0.1) is 0 Å². The smallest absolute Gasteiger partial charge is 0.322 e. The molecule has 2 rings (SSSR count). The third-order valence-electron chi connectivity index (χ3n) is 3.80. The van der Waals surface area contributed by atoms with Gasteiger partial charge in [0.05, 0.1) is 0 Å². The van der Waals surface area contributed by atoms with Crippen molar-refractivity contribution in [2.24, 2.45) is 5.73 Å². The van der Waals surface area contributed by atoms with Crippen LogP contribution in [0.1, 0.15) is 19.3 Å². The second-order valence-corrected chi connectivity index (χ2v) is 4.77. The third-order valence-corrected chi connectivity index (χ3v) is 3.80. The van der Waals surface area contributed by atoms with Gasteiger partial charge < -0.3 is 10.8 Å². The lowest BCUT2D eigenvalue weighted by Crippen LogP contribution is -2.46. The molecule has 0 amide bonds. The molecular formula is C11H21N3O2. The van der Waals surface area contributed by atoms with E-state index < -0.39 is 12.0 Å². The number of likely N-dealkylation sites (tertiary alicyclic amines) is 2. The molecule has 0 aliphatic carbocycles. The molecule has 0 bridgehead atoms. The molecule has 0 spiro atoms. The molecule has 2 saturated heterocycles. The second-order valence-electron chi connectivity index (χ2n) is 4.77. The molecule has 0 aromatic rings. The van der Waals surface area contributed by atoms with Gasteiger partial charge in [-0.05, 0) is 32.4 Å². The molecule has 2 unspecified atom stereocenters. The van der Waals surface area contributed by atoms with Gasteiger partial charge >= 0.3 is 5.97 Å². The van der Waals surface area contributed by atoms with Crippen LogP contribution < -0.4 is 5.73 Å². The highest BCUT2D eigenvalue weighted by Gasteiger charge is 2.34. The zero-order valence-corrected chi connectivity index (χ0v) is 9.64. The maximum absolute atomic E-state index is 11.0. The Morgan fingerprint density at radius 3 is 2.62 bits per heavy atom. The Kier molecular flexibility index (Phi) is 3.78. The van der Waals surface area contributed by atoms with Crippen LogP contribution in [0.25, 0.3) is 0 Å². The maximum atomic E-state index is 11.0. The Hall–Kier alpha value is -0.650. The summed E-state index contributed by atoms with van der Waals surface area (Å²) in [5, 5.41) is 9.05. The summed E-state index contributed by atoms with van der Waals surface area (Å²) in [6, 6.07) is 0.0588. The number of carboxylic acid groups (broad SMARTS) is 1. The van der Waals surface area contributed by atoms with Gasteiger partial charge in [-0.2, -0.15) is 0 Å². The first-order valence-electron chi connectivity index (χ1n) is 6.13. The molecule has 0 aromatic carbocycles. The first-order valence-corrected chi connectivity index (χ1v) is 6.13. The molecule has 2 aliphatic heterocycles. The van der Waals surface area contributed by atoms with Gasteiger partial charge in [0.25, 0.3) is 0 Å². The lowest BCUT2D eigenvalue weighted by atomic mass is 10.2. The monoisotopic (exact) mass is 227 g/mol. The fraction of sp³-hybridized carbons (Fsp3) is 0.909. The molecule has 2 fully saturated rings. The molecule has 92 valence electrons. The SMILES string of the molecule is NCC(C(=O)O)N1CCC(N2CCCC2)C1. The number of aliphatic carboxylic acids is 1. The fourth-order valence-electron chi connectivity index (χ4n) is 2.86. The number of rotatable bonds is 4. The molecule has 2 heterocycles. The molecule has 5 heteroatoms. The van der Waals surface area contributed by atoms with Gasteiger partial charge in [0.1, 0.15) is 6.04 Å². The summed E-state index contributed by atoms with van der Waals surface area (Å²) in [6.45, 7) is 4.31. The summed E-state index contributed by atoms with van der Waals surface area (Å²) in [7, 11) is 0. The molecule has 2 atom stereocenters. The minimum atomic E-state index is -0.787. The van der Waals surface area contributed by atoms with Gasteiger partial charge in [0, 0.05) is 25.7 Å². The fourth-order valence-corrected chi connectivity index (χ4v) is 2.86. The van der Waals surface area contributed by atoms with Crippen molar-refractivity contribution in [2.75, 3.05) is 32.7 Å². The van der Waals surface area contributed by atoms with Crippen molar-refractivity contribution < 1.29 is 9.90 Å². The number of nitrogens with two attached hydrogens (primary N) is 1. The lowest BCUT2D eigenvalue weighted by Gasteiger charge is -2.26. The largest absolute Gasteiger partial charge is 0.480 e. The quantitative estimate of drug-likeness (QED) is 0.682. The number of hydrogen-bond donors (Lipinski definition) is 2. The summed E-state index contributed by atoms with van der Waals surface area (Å²) in [6.07, 6.45) is 3.66. The molecule has 5 nitrogen and oxygen atoms in total. The highest BCUT2D eigenvalue weighted by molar-refractivity contribution is 5.73. The van der Waals surface area contributed by atoms with E-state index in [1.165, 1.54) is 25.9 Å². The van der Waals surface area contributed by atoms with Crippen LogP contribution >= 0.6 is 0 Å². The molecule has 16 heavy (non-hydrogen) atoms. The Morgan fingerprint density at radius 1 is 1.38 bits per heavy atom. The van der Waals surface area contributed by atoms with Crippen LogP contribution in [0.4, 0.5) is 0 Å². The normalized spacial score (nSPS) is 29.7. The predicted molar refractivity (Wildman–Crippen MR) is 61.3 cm³/mol. The number of carboxylic acids is 1. The van der Waals surface area contributed by atoms with E-state index in [1.54, 1.807) is 0 Å². The Morgan fingerprint density at radius 2 is 2.06 bits per heavy atom. The highest BCUT2D eigenvalue weighted by Crippen LogP contribution is 2.21. The average Bonchev–Trinajstić information content (AvgIpc) is 2.86. The summed E-state index contributed by atoms with van der Waals surface area (Å²) >= 11 is 0. The van der Waals surface area contributed by atoms with E-state index in [0.717, 1.165) is 19.5 Å². The lowest BCUT2D eigenvalue weighted by molar-refractivity contribution is -0.142. The van der Waals surface area contributed by atoms with Crippen molar-refractivity contribution in [3.8, 4) is 0 Å². The standard InChI is InChI=1S/C11H21N3O2/c12-7-10(11(15)16)14-6-3-9(8-14)13-4-1-2-5-13/h9-10H,1-8,12H2,(H,15,16). The first-order chi connectivity index (χ1) is 7.72. The number of nitrogens with zero attached hydrogens (tertiary/aromatic N) is 2. The zero-order chi connectivity index (χ0) is 11.5. The van der Waals surface area contributed by atoms with Crippen molar-refractivity contribution in [1.82, 2.24) is 9.80 Å². The number of hydrogen-bond acceptors (Lipinski definition) is 4. The average molecular weight is 227 g/mol. The molecule has 2 aliphatic rings. The summed E-state index contributed by atoms with van der Waals surface area (Å²) < 4.78 is 0. The van der Waals surface area contributed by atoms with Crippen LogP contribution in [0.3, 0.4) is 0 Å². The van der Waals surface area contributed by atoms with Crippen LogP contribution in [-0.2, 0) is 4.79 Å². The Bertz CT molecular complexity index is 254. The van der Waals surface area contributed by atoms with Crippen LogP contribution in [0.2, 0.25) is 0 Å². The first kappa shape index (κ1) is 11.8. The Balaban J connectivity index is 1.88. The van der Waals surface area contributed by atoms with Crippen LogP contribution in [0.5, 0.6) is 0 Å². The van der Waals surface area contributed by atoms with Crippen LogP contribution in [-0.4, -0.2) is 65.7 Å². The molecule has 0 radical (unpaired) electrons. The van der Waals surface area contributed by atoms with Crippen LogP contribution in [0.15, 0.2) is 0 Å². The van der Waals surface area contributed by atoms with Crippen molar-refractivity contribution in [3.05, 3.63) is 0 Å². The molecular weight excluding hydrogens is 206 g/mol. The van der Waals surface area contributed by atoms with Crippen molar-refractivity contribution in [2.45, 2.75) is 31.3 Å². The number of carbonyl (C=O) groups is 1. The maximum Gasteiger partial charge on any atom is 0.322 e. The Labute approximate surface area is 96.2 Å². The van der Waals surface area contributed by atoms with E-state index in [9.17, 15) is 4.79 Å². The minimum absolute atomic E-state index is 0.210. The van der Waals surface area contributed by atoms with E-state index in [2.05, 4.69) is 4.90 Å². The topological polar surface area (TPSA) is 69.8 Å². The van der Waals surface area contributed by atoms with E-state index in [-0.39, 0.29) is 6.54 Å². The van der Waals surface area contributed by atoms with Crippen molar-refractivity contribution >= 4 is 5.97 Å². The van der Waals surface area contributed by atoms with Gasteiger partial charge in [-0.3, -0.25) is 14.6 Å². The second kappa shape index (κ2) is 5.12.